The number of amides is 1. The zero-order chi connectivity index (χ0) is 16.7. The molecule has 0 fully saturated rings. The number of carbonyl (C=O) groups excluding carboxylic acids is 1. The number of halogens is 1. The summed E-state index contributed by atoms with van der Waals surface area (Å²) >= 11 is 0. The number of benzene rings is 2. The first kappa shape index (κ1) is 17.2. The Morgan fingerprint density at radius 3 is 2.48 bits per heavy atom. The van der Waals surface area contributed by atoms with E-state index in [-0.39, 0.29) is 11.7 Å². The van der Waals surface area contributed by atoms with E-state index in [1.807, 2.05) is 0 Å². The van der Waals surface area contributed by atoms with Gasteiger partial charge in [-0.1, -0.05) is 50.2 Å². The molecule has 0 unspecified atom stereocenters. The van der Waals surface area contributed by atoms with E-state index in [0.717, 1.165) is 12.8 Å². The Morgan fingerprint density at radius 2 is 1.78 bits per heavy atom. The van der Waals surface area contributed by atoms with Crippen LogP contribution in [0.4, 0.5) is 4.39 Å². The van der Waals surface area contributed by atoms with Crippen LogP contribution < -0.4 is 5.32 Å². The van der Waals surface area contributed by atoms with E-state index < -0.39 is 0 Å². The van der Waals surface area contributed by atoms with E-state index in [1.165, 1.54) is 22.8 Å². The molecule has 0 atom stereocenters. The molecule has 3 heteroatoms. The van der Waals surface area contributed by atoms with Crippen molar-refractivity contribution in [1.29, 1.82) is 0 Å². The fourth-order valence-corrected chi connectivity index (χ4v) is 2.64. The van der Waals surface area contributed by atoms with Gasteiger partial charge in [0.2, 0.25) is 5.91 Å². The lowest BCUT2D eigenvalue weighted by Gasteiger charge is -2.11. The topological polar surface area (TPSA) is 29.1 Å². The van der Waals surface area contributed by atoms with Crippen molar-refractivity contribution < 1.29 is 9.18 Å². The molecule has 122 valence electrons. The zero-order valence-electron chi connectivity index (χ0n) is 13.9. The standard InChI is InChI=1S/C20H24FNO/c1-3-15-9-10-16(4-2)18(13-15)14-22-20(23)12-11-17-7-5-6-8-19(17)21/h5-10,13H,3-4,11-12,14H2,1-2H3,(H,22,23). The third-order valence-corrected chi connectivity index (χ3v) is 4.12. The highest BCUT2D eigenvalue weighted by Gasteiger charge is 2.07. The Hall–Kier alpha value is -2.16. The molecule has 2 rings (SSSR count). The largest absolute Gasteiger partial charge is 0.352 e. The Balaban J connectivity index is 1.90. The van der Waals surface area contributed by atoms with Crippen molar-refractivity contribution >= 4 is 5.91 Å². The van der Waals surface area contributed by atoms with Crippen molar-refractivity contribution in [2.75, 3.05) is 0 Å². The van der Waals surface area contributed by atoms with Crippen molar-refractivity contribution in [2.24, 2.45) is 0 Å². The molecule has 0 bridgehead atoms. The number of carbonyl (C=O) groups is 1. The highest BCUT2D eigenvalue weighted by Crippen LogP contribution is 2.14. The molecule has 23 heavy (non-hydrogen) atoms. The lowest BCUT2D eigenvalue weighted by atomic mass is 10.0. The van der Waals surface area contributed by atoms with Gasteiger partial charge in [-0.2, -0.15) is 0 Å². The monoisotopic (exact) mass is 313 g/mol. The number of nitrogens with one attached hydrogen (secondary N) is 1. The summed E-state index contributed by atoms with van der Waals surface area (Å²) in [5.74, 6) is -0.290. The molecule has 0 aliphatic heterocycles. The molecule has 0 radical (unpaired) electrons. The van der Waals surface area contributed by atoms with Crippen molar-refractivity contribution in [2.45, 2.75) is 46.1 Å². The van der Waals surface area contributed by atoms with Gasteiger partial charge in [-0.15, -0.1) is 0 Å². The van der Waals surface area contributed by atoms with E-state index in [0.29, 0.717) is 24.9 Å². The van der Waals surface area contributed by atoms with Gasteiger partial charge in [0.05, 0.1) is 0 Å². The maximum atomic E-state index is 13.5. The molecule has 0 aromatic heterocycles. The van der Waals surface area contributed by atoms with Crippen LogP contribution in [-0.2, 0) is 30.6 Å². The zero-order valence-corrected chi connectivity index (χ0v) is 13.9. The molecular formula is C20H24FNO. The number of hydrogen-bond donors (Lipinski definition) is 1. The van der Waals surface area contributed by atoms with Gasteiger partial charge in [0.1, 0.15) is 5.82 Å². The normalized spacial score (nSPS) is 10.6. The van der Waals surface area contributed by atoms with Crippen LogP contribution in [0.25, 0.3) is 0 Å². The summed E-state index contributed by atoms with van der Waals surface area (Å²) in [5, 5.41) is 2.95. The van der Waals surface area contributed by atoms with Crippen LogP contribution in [0.2, 0.25) is 0 Å². The minimum absolute atomic E-state index is 0.0443. The highest BCUT2D eigenvalue weighted by molar-refractivity contribution is 5.76. The number of hydrogen-bond acceptors (Lipinski definition) is 1. The lowest BCUT2D eigenvalue weighted by molar-refractivity contribution is -0.121. The van der Waals surface area contributed by atoms with Crippen LogP contribution in [0.1, 0.15) is 42.5 Å². The summed E-state index contributed by atoms with van der Waals surface area (Å²) < 4.78 is 13.5. The third kappa shape index (κ3) is 4.92. The maximum absolute atomic E-state index is 13.5. The minimum atomic E-state index is -0.246. The molecule has 0 aliphatic carbocycles. The van der Waals surface area contributed by atoms with E-state index in [9.17, 15) is 9.18 Å². The van der Waals surface area contributed by atoms with Gasteiger partial charge in [0.25, 0.3) is 0 Å². The molecular weight excluding hydrogens is 289 g/mol. The Labute approximate surface area is 137 Å². The van der Waals surface area contributed by atoms with Gasteiger partial charge < -0.3 is 5.32 Å². The lowest BCUT2D eigenvalue weighted by Crippen LogP contribution is -2.23. The molecule has 0 aliphatic rings. The van der Waals surface area contributed by atoms with Gasteiger partial charge in [-0.05, 0) is 47.6 Å². The maximum Gasteiger partial charge on any atom is 0.220 e. The number of aryl methyl sites for hydroxylation is 3. The quantitative estimate of drug-likeness (QED) is 0.815. The first-order chi connectivity index (χ1) is 11.1. The second-order valence-corrected chi connectivity index (χ2v) is 5.68. The Bertz CT molecular complexity index is 666. The molecule has 0 saturated carbocycles. The van der Waals surface area contributed by atoms with Crippen molar-refractivity contribution in [3.63, 3.8) is 0 Å². The van der Waals surface area contributed by atoms with Gasteiger partial charge >= 0.3 is 0 Å². The van der Waals surface area contributed by atoms with Crippen LogP contribution in [0, 0.1) is 5.82 Å². The van der Waals surface area contributed by atoms with E-state index in [4.69, 9.17) is 0 Å². The van der Waals surface area contributed by atoms with Crippen LogP contribution in [-0.4, -0.2) is 5.91 Å². The Kier molecular flexibility index (Phi) is 6.33. The smallest absolute Gasteiger partial charge is 0.220 e. The van der Waals surface area contributed by atoms with Gasteiger partial charge in [0, 0.05) is 13.0 Å². The molecule has 1 N–H and O–H groups in total. The summed E-state index contributed by atoms with van der Waals surface area (Å²) in [6.07, 6.45) is 2.66. The minimum Gasteiger partial charge on any atom is -0.352 e. The summed E-state index contributed by atoms with van der Waals surface area (Å²) in [7, 11) is 0. The first-order valence-corrected chi connectivity index (χ1v) is 8.24. The predicted molar refractivity (Wildman–Crippen MR) is 91.8 cm³/mol. The molecule has 2 aromatic carbocycles. The molecule has 0 spiro atoms. The van der Waals surface area contributed by atoms with Crippen LogP contribution >= 0.6 is 0 Å². The fraction of sp³-hybridized carbons (Fsp3) is 0.350. The molecule has 2 aromatic rings. The van der Waals surface area contributed by atoms with Gasteiger partial charge in [-0.25, -0.2) is 4.39 Å². The molecule has 2 nitrogen and oxygen atoms in total. The van der Waals surface area contributed by atoms with Crippen LogP contribution in [0.15, 0.2) is 42.5 Å². The van der Waals surface area contributed by atoms with Crippen LogP contribution in [0.3, 0.4) is 0 Å². The SMILES string of the molecule is CCc1ccc(CC)c(CNC(=O)CCc2ccccc2F)c1. The van der Waals surface area contributed by atoms with E-state index in [2.05, 4.69) is 37.4 Å². The average Bonchev–Trinajstić information content (AvgIpc) is 2.58. The first-order valence-electron chi connectivity index (χ1n) is 8.24. The van der Waals surface area contributed by atoms with E-state index >= 15 is 0 Å². The highest BCUT2D eigenvalue weighted by atomic mass is 19.1. The second kappa shape index (κ2) is 8.47. The summed E-state index contributed by atoms with van der Waals surface area (Å²) in [6, 6.07) is 13.0. The van der Waals surface area contributed by atoms with Crippen LogP contribution in [0.5, 0.6) is 0 Å². The second-order valence-electron chi connectivity index (χ2n) is 5.68. The predicted octanol–water partition coefficient (Wildman–Crippen LogP) is 4.20. The van der Waals surface area contributed by atoms with Gasteiger partial charge in [0.15, 0.2) is 0 Å². The summed E-state index contributed by atoms with van der Waals surface area (Å²) in [6.45, 7) is 4.77. The third-order valence-electron chi connectivity index (χ3n) is 4.12. The average molecular weight is 313 g/mol. The van der Waals surface area contributed by atoms with Crippen molar-refractivity contribution in [1.82, 2.24) is 5.32 Å². The van der Waals surface area contributed by atoms with E-state index in [1.54, 1.807) is 18.2 Å². The Morgan fingerprint density at radius 1 is 1.00 bits per heavy atom. The molecule has 0 heterocycles. The summed E-state index contributed by atoms with van der Waals surface area (Å²) in [5.41, 5.74) is 4.30. The summed E-state index contributed by atoms with van der Waals surface area (Å²) in [4.78, 5) is 12.0. The van der Waals surface area contributed by atoms with Crippen molar-refractivity contribution in [3.8, 4) is 0 Å². The molecule has 0 saturated heterocycles. The van der Waals surface area contributed by atoms with Gasteiger partial charge in [-0.3, -0.25) is 4.79 Å². The fourth-order valence-electron chi connectivity index (χ4n) is 2.64. The van der Waals surface area contributed by atoms with Crippen molar-refractivity contribution in [3.05, 3.63) is 70.5 Å². The number of rotatable bonds is 7. The molecule has 1 amide bonds.